The molecule has 0 radical (unpaired) electrons. The molecular formula is C11H14O2Te. The molecule has 0 atom stereocenters. The van der Waals surface area contributed by atoms with Gasteiger partial charge in [0.25, 0.3) is 0 Å². The van der Waals surface area contributed by atoms with Crippen LogP contribution in [0, 0.1) is 0 Å². The Labute approximate surface area is 94.7 Å². The monoisotopic (exact) mass is 308 g/mol. The minimum absolute atomic E-state index is 0.216. The van der Waals surface area contributed by atoms with Gasteiger partial charge < -0.3 is 0 Å². The molecule has 1 aromatic carbocycles. The van der Waals surface area contributed by atoms with Gasteiger partial charge in [-0.15, -0.1) is 0 Å². The SMILES string of the molecule is COC(=O)c1ccc(CC[Te]C)cc1. The Morgan fingerprint density at radius 1 is 1.36 bits per heavy atom. The number of methoxy groups -OCH3 is 1. The molecule has 0 bridgehead atoms. The second-order valence-electron chi connectivity index (χ2n) is 2.93. The van der Waals surface area contributed by atoms with Crippen LogP contribution in [0.15, 0.2) is 24.3 Å². The summed E-state index contributed by atoms with van der Waals surface area (Å²) in [5, 5.41) is 0. The van der Waals surface area contributed by atoms with Gasteiger partial charge in [-0.2, -0.15) is 0 Å². The maximum absolute atomic E-state index is 11.1. The molecule has 0 unspecified atom stereocenters. The quantitative estimate of drug-likeness (QED) is 0.629. The van der Waals surface area contributed by atoms with Gasteiger partial charge in [-0.05, 0) is 0 Å². The fourth-order valence-corrected chi connectivity index (χ4v) is 2.40. The number of hydrogen-bond donors (Lipinski definition) is 0. The molecule has 0 fully saturated rings. The molecule has 1 rings (SSSR count). The predicted octanol–water partition coefficient (Wildman–Crippen LogP) is 2.19. The molecule has 0 spiro atoms. The second-order valence-corrected chi connectivity index (χ2v) is 5.74. The van der Waals surface area contributed by atoms with Crippen LogP contribution in [0.1, 0.15) is 15.9 Å². The van der Waals surface area contributed by atoms with Crippen LogP contribution in [0.5, 0.6) is 0 Å². The molecule has 0 saturated carbocycles. The molecule has 0 saturated heterocycles. The zero-order valence-corrected chi connectivity index (χ0v) is 10.8. The second kappa shape index (κ2) is 6.06. The number of ether oxygens (including phenoxy) is 1. The van der Waals surface area contributed by atoms with Crippen LogP contribution in [0.3, 0.4) is 0 Å². The van der Waals surface area contributed by atoms with E-state index in [1.54, 1.807) is 0 Å². The minimum atomic E-state index is -0.263. The first kappa shape index (κ1) is 11.6. The van der Waals surface area contributed by atoms with Gasteiger partial charge in [0.1, 0.15) is 0 Å². The number of carbonyl (C=O) groups excluding carboxylic acids is 1. The summed E-state index contributed by atoms with van der Waals surface area (Å²) in [6.45, 7) is 0. The Morgan fingerprint density at radius 3 is 2.50 bits per heavy atom. The molecule has 14 heavy (non-hydrogen) atoms. The fraction of sp³-hybridized carbons (Fsp3) is 0.364. The molecule has 0 amide bonds. The van der Waals surface area contributed by atoms with Crippen molar-refractivity contribution in [2.24, 2.45) is 0 Å². The first-order valence-electron chi connectivity index (χ1n) is 4.44. The van der Waals surface area contributed by atoms with Gasteiger partial charge in [0, 0.05) is 0 Å². The van der Waals surface area contributed by atoms with Gasteiger partial charge in [-0.1, -0.05) is 0 Å². The standard InChI is InChI=1S/C11H14O2Te/c1-13-11(12)10-5-3-9(4-6-10)7-8-14-2/h3-6H,7-8H2,1-2H3. The number of esters is 1. The van der Waals surface area contributed by atoms with Crippen molar-refractivity contribution in [1.82, 2.24) is 0 Å². The average molecular weight is 306 g/mol. The molecule has 0 aliphatic carbocycles. The summed E-state index contributed by atoms with van der Waals surface area (Å²) in [5.41, 5.74) is 1.94. The summed E-state index contributed by atoms with van der Waals surface area (Å²) in [6, 6.07) is 7.68. The van der Waals surface area contributed by atoms with Crippen LogP contribution in [-0.4, -0.2) is 34.0 Å². The van der Waals surface area contributed by atoms with Crippen molar-refractivity contribution in [3.8, 4) is 0 Å². The van der Waals surface area contributed by atoms with Crippen molar-refractivity contribution in [1.29, 1.82) is 0 Å². The van der Waals surface area contributed by atoms with E-state index in [0.717, 1.165) is 6.42 Å². The number of carbonyl (C=O) groups is 1. The molecule has 1 aromatic rings. The van der Waals surface area contributed by atoms with Crippen LogP contribution in [0.25, 0.3) is 0 Å². The summed E-state index contributed by atoms with van der Waals surface area (Å²) in [6.07, 6.45) is 1.14. The van der Waals surface area contributed by atoms with Crippen molar-refractivity contribution in [2.45, 2.75) is 15.9 Å². The Bertz CT molecular complexity index is 293. The van der Waals surface area contributed by atoms with Crippen molar-refractivity contribution in [2.75, 3.05) is 7.11 Å². The summed E-state index contributed by atoms with van der Waals surface area (Å²) in [5.74, 6) is -0.263. The van der Waals surface area contributed by atoms with E-state index < -0.39 is 0 Å². The summed E-state index contributed by atoms with van der Waals surface area (Å²) in [7, 11) is 1.40. The molecule has 0 heterocycles. The van der Waals surface area contributed by atoms with Gasteiger partial charge in [0.15, 0.2) is 0 Å². The predicted molar refractivity (Wildman–Crippen MR) is 57.9 cm³/mol. The fourth-order valence-electron chi connectivity index (χ4n) is 1.15. The normalized spacial score (nSPS) is 9.86. The van der Waals surface area contributed by atoms with E-state index in [1.165, 1.54) is 17.1 Å². The number of benzene rings is 1. The zero-order valence-electron chi connectivity index (χ0n) is 8.45. The number of hydrogen-bond acceptors (Lipinski definition) is 2. The van der Waals surface area contributed by atoms with Gasteiger partial charge >= 0.3 is 94.8 Å². The third-order valence-corrected chi connectivity index (χ3v) is 3.72. The molecule has 3 heteroatoms. The van der Waals surface area contributed by atoms with Crippen molar-refractivity contribution >= 4 is 26.9 Å². The van der Waals surface area contributed by atoms with E-state index in [1.807, 2.05) is 24.3 Å². The molecule has 2 nitrogen and oxygen atoms in total. The summed E-state index contributed by atoms with van der Waals surface area (Å²) >= 11 is 0.216. The van der Waals surface area contributed by atoms with E-state index in [9.17, 15) is 4.79 Å². The summed E-state index contributed by atoms with van der Waals surface area (Å²) in [4.78, 5) is 13.4. The van der Waals surface area contributed by atoms with E-state index >= 15 is 0 Å². The van der Waals surface area contributed by atoms with Crippen LogP contribution in [0.4, 0.5) is 0 Å². The van der Waals surface area contributed by atoms with E-state index in [4.69, 9.17) is 0 Å². The molecular weight excluding hydrogens is 292 g/mol. The molecule has 0 N–H and O–H groups in total. The Balaban J connectivity index is 2.63. The van der Waals surface area contributed by atoms with E-state index in [-0.39, 0.29) is 26.9 Å². The van der Waals surface area contributed by atoms with Crippen molar-refractivity contribution in [3.63, 3.8) is 0 Å². The van der Waals surface area contributed by atoms with Gasteiger partial charge in [0.2, 0.25) is 0 Å². The number of aryl methyl sites for hydroxylation is 1. The number of rotatable bonds is 4. The first-order chi connectivity index (χ1) is 6.77. The van der Waals surface area contributed by atoms with Crippen LogP contribution in [-0.2, 0) is 11.2 Å². The van der Waals surface area contributed by atoms with Crippen LogP contribution >= 0.6 is 0 Å². The molecule has 0 aliphatic rings. The van der Waals surface area contributed by atoms with Crippen LogP contribution in [0.2, 0.25) is 9.44 Å². The van der Waals surface area contributed by atoms with Crippen molar-refractivity contribution < 1.29 is 9.53 Å². The maximum atomic E-state index is 11.1. The Morgan fingerprint density at radius 2 is 2.00 bits per heavy atom. The average Bonchev–Trinajstić information content (AvgIpc) is 2.26. The Hall–Kier alpha value is -0.520. The first-order valence-corrected chi connectivity index (χ1v) is 8.42. The van der Waals surface area contributed by atoms with E-state index in [0.29, 0.717) is 5.56 Å². The molecule has 0 aromatic heterocycles. The van der Waals surface area contributed by atoms with E-state index in [2.05, 4.69) is 9.71 Å². The topological polar surface area (TPSA) is 26.3 Å². The zero-order chi connectivity index (χ0) is 10.4. The van der Waals surface area contributed by atoms with Gasteiger partial charge in [0.05, 0.1) is 0 Å². The molecule has 0 aliphatic heterocycles. The third-order valence-electron chi connectivity index (χ3n) is 1.97. The van der Waals surface area contributed by atoms with Crippen LogP contribution < -0.4 is 0 Å². The van der Waals surface area contributed by atoms with Gasteiger partial charge in [-0.3, -0.25) is 0 Å². The van der Waals surface area contributed by atoms with Crippen molar-refractivity contribution in [3.05, 3.63) is 35.4 Å². The Kier molecular flexibility index (Phi) is 5.00. The third kappa shape index (κ3) is 3.32. The van der Waals surface area contributed by atoms with Gasteiger partial charge in [-0.25, -0.2) is 0 Å². The molecule has 76 valence electrons. The summed E-state index contributed by atoms with van der Waals surface area (Å²) < 4.78 is 5.95.